The Balaban J connectivity index is 1.55. The molecule has 2 aromatic carbocycles. The van der Waals surface area contributed by atoms with Crippen LogP contribution in [0.4, 0.5) is 11.4 Å². The predicted octanol–water partition coefficient (Wildman–Crippen LogP) is 6.10. The highest BCUT2D eigenvalue weighted by Gasteiger charge is 2.13. The lowest BCUT2D eigenvalue weighted by Crippen LogP contribution is -2.13. The van der Waals surface area contributed by atoms with Crippen LogP contribution < -0.4 is 9.47 Å². The molecule has 0 fully saturated rings. The first-order valence-electron chi connectivity index (χ1n) is 11.3. The number of benzene rings is 2. The molecule has 0 N–H and O–H groups in total. The van der Waals surface area contributed by atoms with Gasteiger partial charge in [-0.2, -0.15) is 10.2 Å². The van der Waals surface area contributed by atoms with Gasteiger partial charge in [0.05, 0.1) is 44.7 Å². The molecule has 0 aliphatic heterocycles. The van der Waals surface area contributed by atoms with Crippen LogP contribution in [0.3, 0.4) is 0 Å². The summed E-state index contributed by atoms with van der Waals surface area (Å²) in [5.41, 5.74) is 1.60. The smallest absolute Gasteiger partial charge is 0.333 e. The quantitative estimate of drug-likeness (QED) is 0.136. The van der Waals surface area contributed by atoms with Gasteiger partial charge in [0.15, 0.2) is 0 Å². The van der Waals surface area contributed by atoms with E-state index < -0.39 is 11.9 Å². The first-order chi connectivity index (χ1) is 16.5. The number of carbonyl (C=O) groups is 2. The van der Waals surface area contributed by atoms with Crippen LogP contribution in [0.15, 0.2) is 70.9 Å². The third-order valence-corrected chi connectivity index (χ3v) is 4.68. The minimum atomic E-state index is -0.552. The molecular weight excluding hydrogens is 436 g/mol. The highest BCUT2D eigenvalue weighted by molar-refractivity contribution is 5.93. The summed E-state index contributed by atoms with van der Waals surface area (Å²) in [5.74, 6) is 0.524. The normalized spacial score (nSPS) is 10.6. The molecule has 182 valence electrons. The molecule has 8 heteroatoms. The number of hydrogen-bond donors (Lipinski definition) is 0. The Morgan fingerprint density at radius 1 is 0.794 bits per heavy atom. The Morgan fingerprint density at radius 2 is 1.35 bits per heavy atom. The lowest BCUT2D eigenvalue weighted by atomic mass is 10.2. The largest absolute Gasteiger partial charge is 0.497 e. The number of azo groups is 1. The average Bonchev–Trinajstić information content (AvgIpc) is 2.85. The van der Waals surface area contributed by atoms with E-state index in [0.717, 1.165) is 48.6 Å². The molecule has 0 saturated heterocycles. The Bertz CT molecular complexity index is 939. The fourth-order valence-electron chi connectivity index (χ4n) is 2.85. The summed E-state index contributed by atoms with van der Waals surface area (Å²) in [6.07, 6.45) is 3.35. The summed E-state index contributed by atoms with van der Waals surface area (Å²) in [7, 11) is 1.62. The van der Waals surface area contributed by atoms with Crippen LogP contribution in [-0.4, -0.2) is 38.9 Å². The fraction of sp³-hybridized carbons (Fsp3) is 0.385. The molecule has 0 heterocycles. The van der Waals surface area contributed by atoms with Gasteiger partial charge < -0.3 is 18.9 Å². The van der Waals surface area contributed by atoms with Crippen molar-refractivity contribution in [1.82, 2.24) is 0 Å². The van der Waals surface area contributed by atoms with Crippen LogP contribution in [0, 0.1) is 0 Å². The zero-order valence-electron chi connectivity index (χ0n) is 19.8. The molecule has 0 spiro atoms. The Labute approximate surface area is 200 Å². The van der Waals surface area contributed by atoms with Crippen molar-refractivity contribution in [2.45, 2.75) is 39.0 Å². The van der Waals surface area contributed by atoms with Crippen molar-refractivity contribution in [3.63, 3.8) is 0 Å². The van der Waals surface area contributed by atoms with Gasteiger partial charge in [0.25, 0.3) is 0 Å². The molecule has 8 nitrogen and oxygen atoms in total. The van der Waals surface area contributed by atoms with Crippen LogP contribution >= 0.6 is 0 Å². The summed E-state index contributed by atoms with van der Waals surface area (Å²) >= 11 is 0. The second-order valence-electron chi connectivity index (χ2n) is 7.38. The van der Waals surface area contributed by atoms with E-state index in [-0.39, 0.29) is 18.6 Å². The van der Waals surface area contributed by atoms with E-state index in [0.29, 0.717) is 13.2 Å². The highest BCUT2D eigenvalue weighted by Crippen LogP contribution is 2.23. The van der Waals surface area contributed by atoms with E-state index in [1.54, 1.807) is 14.0 Å². The number of unbranched alkanes of at least 4 members (excludes halogenated alkanes) is 3. The summed E-state index contributed by atoms with van der Waals surface area (Å²) in [6.45, 7) is 6.45. The Kier molecular flexibility index (Phi) is 11.9. The zero-order valence-corrected chi connectivity index (χ0v) is 19.8. The molecule has 0 amide bonds. The molecule has 0 atom stereocenters. The number of methoxy groups -OCH3 is 1. The number of hydrogen-bond acceptors (Lipinski definition) is 8. The molecule has 0 bridgehead atoms. The van der Waals surface area contributed by atoms with Crippen molar-refractivity contribution in [2.75, 3.05) is 26.9 Å². The minimum Gasteiger partial charge on any atom is -0.497 e. The third kappa shape index (κ3) is 10.3. The molecule has 2 rings (SSSR count). The van der Waals surface area contributed by atoms with Crippen LogP contribution in [0.5, 0.6) is 11.5 Å². The van der Waals surface area contributed by atoms with Gasteiger partial charge in [-0.1, -0.05) is 6.58 Å². The number of esters is 2. The second-order valence-corrected chi connectivity index (χ2v) is 7.38. The van der Waals surface area contributed by atoms with Crippen LogP contribution in [0.1, 0.15) is 39.0 Å². The molecule has 0 saturated carbocycles. The average molecular weight is 469 g/mol. The maximum Gasteiger partial charge on any atom is 0.333 e. The van der Waals surface area contributed by atoms with Crippen molar-refractivity contribution in [2.24, 2.45) is 10.2 Å². The summed E-state index contributed by atoms with van der Waals surface area (Å²) in [6, 6.07) is 14.8. The van der Waals surface area contributed by atoms with Crippen molar-refractivity contribution >= 4 is 23.3 Å². The van der Waals surface area contributed by atoms with Crippen LogP contribution in [0.25, 0.3) is 0 Å². The highest BCUT2D eigenvalue weighted by atomic mass is 16.5. The van der Waals surface area contributed by atoms with Gasteiger partial charge in [-0.25, -0.2) is 4.79 Å². The molecular formula is C26H32N2O6. The van der Waals surface area contributed by atoms with Crippen molar-refractivity contribution in [1.29, 1.82) is 0 Å². The maximum absolute atomic E-state index is 11.8. The molecule has 0 aromatic heterocycles. The summed E-state index contributed by atoms with van der Waals surface area (Å²) in [5, 5.41) is 8.43. The Morgan fingerprint density at radius 3 is 1.91 bits per heavy atom. The third-order valence-electron chi connectivity index (χ3n) is 4.68. The van der Waals surface area contributed by atoms with E-state index >= 15 is 0 Å². The first kappa shape index (κ1) is 26.6. The number of nitrogens with zero attached hydrogens (tertiary/aromatic N) is 2. The molecule has 2 aromatic rings. The molecule has 0 unspecified atom stereocenters. The van der Waals surface area contributed by atoms with Gasteiger partial charge in [0.2, 0.25) is 0 Å². The van der Waals surface area contributed by atoms with Crippen molar-refractivity contribution < 1.29 is 28.5 Å². The van der Waals surface area contributed by atoms with Gasteiger partial charge in [-0.05, 0) is 81.1 Å². The van der Waals surface area contributed by atoms with E-state index in [1.165, 1.54) is 0 Å². The van der Waals surface area contributed by atoms with Gasteiger partial charge in [-0.15, -0.1) is 0 Å². The van der Waals surface area contributed by atoms with E-state index in [1.807, 2.05) is 48.5 Å². The van der Waals surface area contributed by atoms with E-state index in [4.69, 9.17) is 18.9 Å². The first-order valence-corrected chi connectivity index (χ1v) is 11.3. The maximum atomic E-state index is 11.8. The van der Waals surface area contributed by atoms with E-state index in [9.17, 15) is 9.59 Å². The lowest BCUT2D eigenvalue weighted by Gasteiger charge is -2.08. The topological polar surface area (TPSA) is 95.8 Å². The van der Waals surface area contributed by atoms with Gasteiger partial charge >= 0.3 is 11.9 Å². The minimum absolute atomic E-state index is 0.111. The zero-order chi connectivity index (χ0) is 24.6. The molecule has 34 heavy (non-hydrogen) atoms. The molecule has 0 radical (unpaired) electrons. The van der Waals surface area contributed by atoms with Crippen molar-refractivity contribution in [3.05, 3.63) is 60.7 Å². The van der Waals surface area contributed by atoms with Crippen LogP contribution in [-0.2, 0) is 19.1 Å². The van der Waals surface area contributed by atoms with E-state index in [2.05, 4.69) is 16.8 Å². The van der Waals surface area contributed by atoms with Crippen molar-refractivity contribution in [3.8, 4) is 11.5 Å². The summed E-state index contributed by atoms with van der Waals surface area (Å²) in [4.78, 5) is 23.1. The molecule has 0 aliphatic carbocycles. The second kappa shape index (κ2) is 15.2. The fourth-order valence-corrected chi connectivity index (χ4v) is 2.85. The Hall–Kier alpha value is -3.68. The predicted molar refractivity (Wildman–Crippen MR) is 129 cm³/mol. The van der Waals surface area contributed by atoms with Crippen LogP contribution in [0.2, 0.25) is 0 Å². The lowest BCUT2D eigenvalue weighted by molar-refractivity contribution is -0.146. The van der Waals surface area contributed by atoms with Gasteiger partial charge in [0.1, 0.15) is 11.5 Å². The number of rotatable bonds is 15. The monoisotopic (exact) mass is 468 g/mol. The number of carbonyl (C=O) groups excluding carboxylic acids is 2. The van der Waals surface area contributed by atoms with Gasteiger partial charge in [-0.3, -0.25) is 4.79 Å². The SMILES string of the molecule is C=C(CC(=O)OCC)C(=O)OCCCCCCOc1ccc(N=Nc2ccc(OC)cc2)cc1. The molecule has 0 aliphatic rings. The standard InChI is InChI=1S/C26H32N2O6/c1-4-32-25(29)19-20(2)26(30)34-18-8-6-5-7-17-33-24-15-11-22(12-16-24)28-27-21-9-13-23(31-3)14-10-21/h9-16H,2,4-8,17-19H2,1,3H3. The number of ether oxygens (including phenoxy) is 4. The van der Waals surface area contributed by atoms with Gasteiger partial charge in [0, 0.05) is 5.57 Å². The summed E-state index contributed by atoms with van der Waals surface area (Å²) < 4.78 is 20.8.